The second-order valence-corrected chi connectivity index (χ2v) is 15.3. The summed E-state index contributed by atoms with van der Waals surface area (Å²) in [5.41, 5.74) is 16.9. The number of rotatable bonds is 5. The van der Waals surface area contributed by atoms with Gasteiger partial charge >= 0.3 is 0 Å². The van der Waals surface area contributed by atoms with Gasteiger partial charge in [0.1, 0.15) is 0 Å². The number of benzene rings is 9. The third-order valence-corrected chi connectivity index (χ3v) is 12.4. The first-order valence-corrected chi connectivity index (χ1v) is 19.8. The average molecular weight is 725 g/mol. The molecule has 1 aliphatic rings. The van der Waals surface area contributed by atoms with Crippen LogP contribution in [0.2, 0.25) is 0 Å². The van der Waals surface area contributed by atoms with Crippen LogP contribution in [0, 0.1) is 0 Å². The Morgan fingerprint density at radius 1 is 0.281 bits per heavy atom. The molecule has 266 valence electrons. The van der Waals surface area contributed by atoms with Gasteiger partial charge in [-0.25, -0.2) is 0 Å². The number of nitrogens with zero attached hydrogens (tertiary/aromatic N) is 2. The number of para-hydroxylation sites is 3. The van der Waals surface area contributed by atoms with Crippen LogP contribution in [0.5, 0.6) is 0 Å². The summed E-state index contributed by atoms with van der Waals surface area (Å²) in [6.07, 6.45) is 0. The minimum absolute atomic E-state index is 0.457. The standard InChI is InChI=1S/C55H36N2/c1-3-15-39(16-4-1)55(40-17-5-2-6-18-40)49-23-11-7-19-43(49)44-33-32-42(36-50(44)55)57-53-26-14-10-22-47(53)48-35-38(29-34-54(48)57)37-27-30-41(31-28-37)56-51-24-12-8-20-45(51)46-21-9-13-25-52(46)56/h1-36H. The Bertz CT molecular complexity index is 3240. The normalized spacial score (nSPS) is 13.1. The molecule has 0 bridgehead atoms. The maximum atomic E-state index is 2.46. The monoisotopic (exact) mass is 724 g/mol. The summed E-state index contributed by atoms with van der Waals surface area (Å²) in [6.45, 7) is 0. The van der Waals surface area contributed by atoms with Crippen molar-refractivity contribution in [2.75, 3.05) is 0 Å². The Hall–Kier alpha value is -7.42. The number of hydrogen-bond donors (Lipinski definition) is 0. The fourth-order valence-corrected chi connectivity index (χ4v) is 10.0. The minimum Gasteiger partial charge on any atom is -0.309 e. The fourth-order valence-electron chi connectivity index (χ4n) is 10.0. The lowest BCUT2D eigenvalue weighted by atomic mass is 9.67. The van der Waals surface area contributed by atoms with E-state index < -0.39 is 5.41 Å². The average Bonchev–Trinajstić information content (AvgIpc) is 3.91. The predicted octanol–water partition coefficient (Wildman–Crippen LogP) is 13.9. The summed E-state index contributed by atoms with van der Waals surface area (Å²) < 4.78 is 4.84. The maximum Gasteiger partial charge on any atom is 0.0714 e. The van der Waals surface area contributed by atoms with Crippen LogP contribution in [0.4, 0.5) is 0 Å². The van der Waals surface area contributed by atoms with Crippen LogP contribution in [0.1, 0.15) is 22.3 Å². The highest BCUT2D eigenvalue weighted by atomic mass is 15.0. The lowest BCUT2D eigenvalue weighted by molar-refractivity contribution is 0.767. The molecule has 0 radical (unpaired) electrons. The molecule has 0 amide bonds. The van der Waals surface area contributed by atoms with Crippen LogP contribution >= 0.6 is 0 Å². The van der Waals surface area contributed by atoms with Crippen molar-refractivity contribution in [3.05, 3.63) is 241 Å². The Labute approximate surface area is 331 Å². The Balaban J connectivity index is 1.02. The van der Waals surface area contributed by atoms with E-state index >= 15 is 0 Å². The van der Waals surface area contributed by atoms with E-state index in [1.165, 1.54) is 88.1 Å². The Kier molecular flexibility index (Phi) is 6.88. The van der Waals surface area contributed by atoms with E-state index in [0.717, 1.165) is 11.4 Å². The molecule has 0 N–H and O–H groups in total. The quantitative estimate of drug-likeness (QED) is 0.167. The molecular formula is C55H36N2. The molecule has 0 saturated carbocycles. The van der Waals surface area contributed by atoms with Crippen LogP contribution in [0.3, 0.4) is 0 Å². The highest BCUT2D eigenvalue weighted by Gasteiger charge is 2.46. The van der Waals surface area contributed by atoms with Crippen molar-refractivity contribution in [3.63, 3.8) is 0 Å². The first-order chi connectivity index (χ1) is 28.3. The van der Waals surface area contributed by atoms with Crippen LogP contribution in [0.15, 0.2) is 218 Å². The highest BCUT2D eigenvalue weighted by Crippen LogP contribution is 2.56. The molecule has 9 aromatic carbocycles. The molecule has 2 heterocycles. The first-order valence-electron chi connectivity index (χ1n) is 19.8. The molecule has 2 heteroatoms. The van der Waals surface area contributed by atoms with Gasteiger partial charge in [-0.15, -0.1) is 0 Å². The molecule has 1 aliphatic carbocycles. The zero-order valence-corrected chi connectivity index (χ0v) is 31.2. The summed E-state index contributed by atoms with van der Waals surface area (Å²) in [6, 6.07) is 80.5. The van der Waals surface area contributed by atoms with Gasteiger partial charge in [-0.05, 0) is 99.1 Å². The van der Waals surface area contributed by atoms with Gasteiger partial charge in [0.05, 0.1) is 27.5 Å². The van der Waals surface area contributed by atoms with Gasteiger partial charge in [0, 0.05) is 32.9 Å². The van der Waals surface area contributed by atoms with Crippen LogP contribution in [-0.4, -0.2) is 9.13 Å². The van der Waals surface area contributed by atoms with Crippen molar-refractivity contribution >= 4 is 43.6 Å². The third kappa shape index (κ3) is 4.53. The van der Waals surface area contributed by atoms with Crippen LogP contribution in [-0.2, 0) is 5.41 Å². The Morgan fingerprint density at radius 2 is 0.737 bits per heavy atom. The molecule has 0 fully saturated rings. The summed E-state index contributed by atoms with van der Waals surface area (Å²) in [5.74, 6) is 0. The lowest BCUT2D eigenvalue weighted by Gasteiger charge is -2.34. The third-order valence-electron chi connectivity index (χ3n) is 12.4. The van der Waals surface area contributed by atoms with Gasteiger partial charge < -0.3 is 9.13 Å². The lowest BCUT2D eigenvalue weighted by Crippen LogP contribution is -2.28. The number of fused-ring (bicyclic) bond motifs is 9. The molecule has 0 atom stereocenters. The van der Waals surface area contributed by atoms with Gasteiger partial charge in [0.15, 0.2) is 0 Å². The molecule has 11 aromatic rings. The van der Waals surface area contributed by atoms with E-state index in [4.69, 9.17) is 0 Å². The van der Waals surface area contributed by atoms with Gasteiger partial charge in [0.25, 0.3) is 0 Å². The minimum atomic E-state index is -0.457. The molecule has 0 saturated heterocycles. The SMILES string of the molecule is c1ccc(C2(c3ccccc3)c3ccccc3-c3ccc(-n4c5ccccc5c5cc(-c6ccc(-n7c8ccccc8c8ccccc87)cc6)ccc54)cc32)cc1. The predicted molar refractivity (Wildman–Crippen MR) is 238 cm³/mol. The largest absolute Gasteiger partial charge is 0.309 e. The zero-order chi connectivity index (χ0) is 37.5. The molecule has 0 aliphatic heterocycles. The van der Waals surface area contributed by atoms with Gasteiger partial charge in [-0.1, -0.05) is 164 Å². The van der Waals surface area contributed by atoms with Crippen molar-refractivity contribution in [1.29, 1.82) is 0 Å². The van der Waals surface area contributed by atoms with Gasteiger partial charge in [0.2, 0.25) is 0 Å². The number of hydrogen-bond acceptors (Lipinski definition) is 0. The molecule has 2 aromatic heterocycles. The van der Waals surface area contributed by atoms with Crippen molar-refractivity contribution in [3.8, 4) is 33.6 Å². The molecule has 0 spiro atoms. The first kappa shape index (κ1) is 31.9. The van der Waals surface area contributed by atoms with E-state index in [-0.39, 0.29) is 0 Å². The molecule has 2 nitrogen and oxygen atoms in total. The summed E-state index contributed by atoms with van der Waals surface area (Å²) in [4.78, 5) is 0. The summed E-state index contributed by atoms with van der Waals surface area (Å²) in [7, 11) is 0. The van der Waals surface area contributed by atoms with Crippen molar-refractivity contribution in [1.82, 2.24) is 9.13 Å². The molecular weight excluding hydrogens is 689 g/mol. The second-order valence-electron chi connectivity index (χ2n) is 15.3. The van der Waals surface area contributed by atoms with Gasteiger partial charge in [-0.2, -0.15) is 0 Å². The van der Waals surface area contributed by atoms with E-state index in [1.807, 2.05) is 0 Å². The van der Waals surface area contributed by atoms with E-state index in [2.05, 4.69) is 228 Å². The van der Waals surface area contributed by atoms with Crippen molar-refractivity contribution in [2.24, 2.45) is 0 Å². The van der Waals surface area contributed by atoms with Crippen LogP contribution < -0.4 is 0 Å². The van der Waals surface area contributed by atoms with Crippen molar-refractivity contribution < 1.29 is 0 Å². The summed E-state index contributed by atoms with van der Waals surface area (Å²) >= 11 is 0. The highest BCUT2D eigenvalue weighted by molar-refractivity contribution is 6.11. The zero-order valence-electron chi connectivity index (χ0n) is 31.2. The smallest absolute Gasteiger partial charge is 0.0714 e. The van der Waals surface area contributed by atoms with E-state index in [9.17, 15) is 0 Å². The fraction of sp³-hybridized carbons (Fsp3) is 0.0182. The Morgan fingerprint density at radius 3 is 1.37 bits per heavy atom. The topological polar surface area (TPSA) is 9.86 Å². The maximum absolute atomic E-state index is 2.46. The van der Waals surface area contributed by atoms with Crippen molar-refractivity contribution in [2.45, 2.75) is 5.41 Å². The summed E-state index contributed by atoms with van der Waals surface area (Å²) in [5, 5.41) is 5.05. The second kappa shape index (κ2) is 12.3. The van der Waals surface area contributed by atoms with Crippen LogP contribution in [0.25, 0.3) is 77.2 Å². The van der Waals surface area contributed by atoms with E-state index in [1.54, 1.807) is 0 Å². The molecule has 0 unspecified atom stereocenters. The number of aromatic nitrogens is 2. The van der Waals surface area contributed by atoms with E-state index in [0.29, 0.717) is 0 Å². The molecule has 12 rings (SSSR count). The molecule has 57 heavy (non-hydrogen) atoms. The van der Waals surface area contributed by atoms with Gasteiger partial charge in [-0.3, -0.25) is 0 Å².